The van der Waals surface area contributed by atoms with E-state index < -0.39 is 54.5 Å². The van der Waals surface area contributed by atoms with Crippen LogP contribution >= 0.6 is 0 Å². The molecule has 0 aromatic heterocycles. The van der Waals surface area contributed by atoms with E-state index in [0.717, 1.165) is 0 Å². The fraction of sp³-hybridized carbons (Fsp3) is 0.765. The molecule has 1 heterocycles. The molecule has 0 aromatic carbocycles. The van der Waals surface area contributed by atoms with Crippen LogP contribution in [-0.4, -0.2) is 82.7 Å². The highest BCUT2D eigenvalue weighted by Gasteiger charge is 2.38. The van der Waals surface area contributed by atoms with E-state index in [1.807, 2.05) is 0 Å². The number of carbonyl (C=O) groups is 4. The first-order valence-corrected chi connectivity index (χ1v) is 9.43. The molecule has 3 amide bonds. The fourth-order valence-corrected chi connectivity index (χ4v) is 2.99. The van der Waals surface area contributed by atoms with Gasteiger partial charge in [0, 0.05) is 6.54 Å². The number of hydrogen-bond donors (Lipinski definition) is 6. The molecule has 0 aliphatic carbocycles. The highest BCUT2D eigenvalue weighted by Crippen LogP contribution is 2.20. The van der Waals surface area contributed by atoms with E-state index in [0.29, 0.717) is 45.2 Å². The average molecular weight is 401 g/mol. The van der Waals surface area contributed by atoms with E-state index in [-0.39, 0.29) is 0 Å². The normalized spacial score (nSPS) is 19.6. The van der Waals surface area contributed by atoms with Gasteiger partial charge >= 0.3 is 5.97 Å². The van der Waals surface area contributed by atoms with Crippen LogP contribution in [0.4, 0.5) is 0 Å². The van der Waals surface area contributed by atoms with Crippen LogP contribution in [0.25, 0.3) is 0 Å². The average Bonchev–Trinajstić information content (AvgIpc) is 3.15. The number of hydrogen-bond acceptors (Lipinski definition) is 7. The minimum absolute atomic E-state index is 0.316. The monoisotopic (exact) mass is 401 g/mol. The Hall–Kier alpha value is -2.24. The zero-order valence-corrected chi connectivity index (χ0v) is 16.1. The number of carboxylic acid groups (broad SMARTS) is 1. The predicted molar refractivity (Wildman–Crippen MR) is 99.9 cm³/mol. The standard InChI is InChI=1S/C17H31N5O6/c1-10(17(27)28)20-15(25)13-6-4-8-22(13)16(26)12(5-2-3-7-18)21-14(24)11(19)9-23/h10-13,23H,2-9,18-19H2,1H3,(H,20,25)(H,21,24)(H,27,28). The number of nitrogens with two attached hydrogens (primary N) is 2. The summed E-state index contributed by atoms with van der Waals surface area (Å²) in [5, 5.41) is 22.9. The number of aliphatic hydroxyl groups excluding tert-OH is 1. The highest BCUT2D eigenvalue weighted by molar-refractivity contribution is 5.94. The lowest BCUT2D eigenvalue weighted by atomic mass is 10.1. The molecule has 4 unspecified atom stereocenters. The van der Waals surface area contributed by atoms with Gasteiger partial charge in [0.25, 0.3) is 0 Å². The second kappa shape index (κ2) is 11.6. The fourth-order valence-electron chi connectivity index (χ4n) is 2.99. The Balaban J connectivity index is 2.87. The van der Waals surface area contributed by atoms with Crippen molar-refractivity contribution in [2.24, 2.45) is 11.5 Å². The SMILES string of the molecule is CC(NC(=O)C1CCCN1C(=O)C(CCCCN)NC(=O)C(N)CO)C(=O)O. The second-order valence-corrected chi connectivity index (χ2v) is 6.89. The summed E-state index contributed by atoms with van der Waals surface area (Å²) >= 11 is 0. The van der Waals surface area contributed by atoms with E-state index in [4.69, 9.17) is 21.7 Å². The molecule has 11 nitrogen and oxygen atoms in total. The predicted octanol–water partition coefficient (Wildman–Crippen LogP) is -2.50. The van der Waals surface area contributed by atoms with Gasteiger partial charge in [0.05, 0.1) is 6.61 Å². The third-order valence-electron chi connectivity index (χ3n) is 4.66. The Morgan fingerprint density at radius 2 is 1.89 bits per heavy atom. The van der Waals surface area contributed by atoms with E-state index >= 15 is 0 Å². The summed E-state index contributed by atoms with van der Waals surface area (Å²) in [5.41, 5.74) is 11.0. The summed E-state index contributed by atoms with van der Waals surface area (Å²) < 4.78 is 0. The van der Waals surface area contributed by atoms with Crippen LogP contribution in [0.3, 0.4) is 0 Å². The van der Waals surface area contributed by atoms with Crippen LogP contribution in [0.1, 0.15) is 39.0 Å². The Labute approximate surface area is 163 Å². The molecule has 4 atom stereocenters. The second-order valence-electron chi connectivity index (χ2n) is 6.89. The highest BCUT2D eigenvalue weighted by atomic mass is 16.4. The molecule has 0 saturated carbocycles. The molecule has 0 aromatic rings. The number of nitrogens with one attached hydrogen (secondary N) is 2. The van der Waals surface area contributed by atoms with Gasteiger partial charge in [-0.25, -0.2) is 0 Å². The number of nitrogens with zero attached hydrogens (tertiary/aromatic N) is 1. The lowest BCUT2D eigenvalue weighted by Crippen LogP contribution is -2.56. The van der Waals surface area contributed by atoms with Crippen LogP contribution in [0.15, 0.2) is 0 Å². The third-order valence-corrected chi connectivity index (χ3v) is 4.66. The van der Waals surface area contributed by atoms with Crippen molar-refractivity contribution in [3.63, 3.8) is 0 Å². The zero-order chi connectivity index (χ0) is 21.3. The van der Waals surface area contributed by atoms with E-state index in [9.17, 15) is 19.2 Å². The van der Waals surface area contributed by atoms with Crippen molar-refractivity contribution >= 4 is 23.7 Å². The number of aliphatic hydroxyl groups is 1. The maximum atomic E-state index is 13.0. The molecule has 28 heavy (non-hydrogen) atoms. The number of carboxylic acids is 1. The maximum absolute atomic E-state index is 13.0. The molecule has 0 radical (unpaired) electrons. The van der Waals surface area contributed by atoms with Gasteiger partial charge in [-0.3, -0.25) is 19.2 Å². The molecule has 1 aliphatic heterocycles. The molecule has 1 saturated heterocycles. The van der Waals surface area contributed by atoms with E-state index in [2.05, 4.69) is 10.6 Å². The third kappa shape index (κ3) is 6.73. The number of amides is 3. The van der Waals surface area contributed by atoms with Crippen molar-refractivity contribution in [3.05, 3.63) is 0 Å². The van der Waals surface area contributed by atoms with Crippen LogP contribution in [0, 0.1) is 0 Å². The topological polar surface area (TPSA) is 188 Å². The lowest BCUT2D eigenvalue weighted by Gasteiger charge is -2.29. The van der Waals surface area contributed by atoms with Gasteiger partial charge in [-0.2, -0.15) is 0 Å². The Morgan fingerprint density at radius 1 is 1.21 bits per heavy atom. The Kier molecular flexibility index (Phi) is 9.83. The van der Waals surface area contributed by atoms with Gasteiger partial charge in [-0.1, -0.05) is 0 Å². The first kappa shape index (κ1) is 23.8. The molecule has 1 fully saturated rings. The van der Waals surface area contributed by atoms with Crippen molar-refractivity contribution in [3.8, 4) is 0 Å². The van der Waals surface area contributed by atoms with Gasteiger partial charge in [-0.05, 0) is 45.6 Å². The van der Waals surface area contributed by atoms with Crippen LogP contribution < -0.4 is 22.1 Å². The molecule has 0 bridgehead atoms. The molecule has 8 N–H and O–H groups in total. The molecule has 0 spiro atoms. The summed E-state index contributed by atoms with van der Waals surface area (Å²) in [4.78, 5) is 49.8. The van der Waals surface area contributed by atoms with Crippen LogP contribution in [0.5, 0.6) is 0 Å². The smallest absolute Gasteiger partial charge is 0.325 e. The summed E-state index contributed by atoms with van der Waals surface area (Å²) in [6, 6.07) is -3.93. The number of unbranched alkanes of at least 4 members (excludes halogenated alkanes) is 1. The summed E-state index contributed by atoms with van der Waals surface area (Å²) in [6.07, 6.45) is 2.55. The minimum atomic E-state index is -1.17. The Morgan fingerprint density at radius 3 is 2.46 bits per heavy atom. The summed E-state index contributed by atoms with van der Waals surface area (Å²) in [7, 11) is 0. The van der Waals surface area contributed by atoms with E-state index in [1.165, 1.54) is 11.8 Å². The number of likely N-dealkylation sites (tertiary alicyclic amines) is 1. The lowest BCUT2D eigenvalue weighted by molar-refractivity contribution is -0.144. The van der Waals surface area contributed by atoms with Crippen molar-refractivity contribution < 1.29 is 29.4 Å². The first-order chi connectivity index (χ1) is 13.2. The quantitative estimate of drug-likeness (QED) is 0.205. The van der Waals surface area contributed by atoms with Gasteiger partial charge in [0.2, 0.25) is 17.7 Å². The van der Waals surface area contributed by atoms with Crippen molar-refractivity contribution in [2.45, 2.75) is 63.2 Å². The molecule has 160 valence electrons. The van der Waals surface area contributed by atoms with Crippen molar-refractivity contribution in [2.75, 3.05) is 19.7 Å². The Bertz CT molecular complexity index is 572. The number of carbonyl (C=O) groups excluding carboxylic acids is 3. The van der Waals surface area contributed by atoms with E-state index in [1.54, 1.807) is 0 Å². The summed E-state index contributed by atoms with van der Waals surface area (Å²) in [5.74, 6) is -2.81. The maximum Gasteiger partial charge on any atom is 0.325 e. The molecular formula is C17H31N5O6. The minimum Gasteiger partial charge on any atom is -0.480 e. The largest absolute Gasteiger partial charge is 0.480 e. The summed E-state index contributed by atoms with van der Waals surface area (Å²) in [6.45, 7) is 1.55. The molecular weight excluding hydrogens is 370 g/mol. The van der Waals surface area contributed by atoms with Gasteiger partial charge < -0.3 is 37.2 Å². The van der Waals surface area contributed by atoms with Crippen molar-refractivity contribution in [1.29, 1.82) is 0 Å². The van der Waals surface area contributed by atoms with Gasteiger partial charge in [-0.15, -0.1) is 0 Å². The number of rotatable bonds is 11. The van der Waals surface area contributed by atoms with Crippen LogP contribution in [0.2, 0.25) is 0 Å². The number of aliphatic carboxylic acids is 1. The van der Waals surface area contributed by atoms with Crippen molar-refractivity contribution in [1.82, 2.24) is 15.5 Å². The molecule has 1 aliphatic rings. The van der Waals surface area contributed by atoms with Gasteiger partial charge in [0.15, 0.2) is 0 Å². The van der Waals surface area contributed by atoms with Crippen LogP contribution in [-0.2, 0) is 19.2 Å². The zero-order valence-electron chi connectivity index (χ0n) is 16.1. The molecule has 1 rings (SSSR count). The van der Waals surface area contributed by atoms with Gasteiger partial charge in [0.1, 0.15) is 24.2 Å². The first-order valence-electron chi connectivity index (χ1n) is 9.43. The molecule has 11 heteroatoms.